The third-order valence-electron chi connectivity index (χ3n) is 6.18. The van der Waals surface area contributed by atoms with Gasteiger partial charge in [0.25, 0.3) is 0 Å². The molecule has 0 heteroatoms. The van der Waals surface area contributed by atoms with Crippen LogP contribution in [0.25, 0.3) is 54.6 Å². The van der Waals surface area contributed by atoms with Gasteiger partial charge in [-0.3, -0.25) is 0 Å². The van der Waals surface area contributed by atoms with Gasteiger partial charge in [0.15, 0.2) is 0 Å². The Labute approximate surface area is 197 Å². The van der Waals surface area contributed by atoms with Crippen molar-refractivity contribution < 1.29 is 0 Å². The molecule has 0 spiro atoms. The predicted octanol–water partition coefficient (Wildman–Crippen LogP) is 9.66. The van der Waals surface area contributed by atoms with Gasteiger partial charge in [-0.15, -0.1) is 0 Å². The van der Waals surface area contributed by atoms with Crippen molar-refractivity contribution in [3.05, 3.63) is 121 Å². The van der Waals surface area contributed by atoms with E-state index in [2.05, 4.69) is 116 Å². The summed E-state index contributed by atoms with van der Waals surface area (Å²) >= 11 is 0. The lowest BCUT2D eigenvalue weighted by molar-refractivity contribution is 1.47. The van der Waals surface area contributed by atoms with Crippen molar-refractivity contribution in [2.75, 3.05) is 0 Å². The first-order chi connectivity index (χ1) is 15.3. The van der Waals surface area contributed by atoms with E-state index in [4.69, 9.17) is 0 Å². The van der Waals surface area contributed by atoms with E-state index in [-0.39, 0.29) is 14.9 Å². The van der Waals surface area contributed by atoms with Crippen LogP contribution in [-0.4, -0.2) is 0 Å². The van der Waals surface area contributed by atoms with Gasteiger partial charge in [-0.2, -0.15) is 0 Å². The van der Waals surface area contributed by atoms with Crippen LogP contribution in [0.15, 0.2) is 103 Å². The molecule has 6 aromatic carbocycles. The molecule has 0 saturated heterocycles. The maximum Gasteiger partial charge on any atom is 0.0406 e. The van der Waals surface area contributed by atoms with Crippen LogP contribution in [0, 0.1) is 19.1 Å². The third kappa shape index (κ3) is 3.63. The molecule has 160 valence electrons. The number of hydrogen-bond donors (Lipinski definition) is 0. The first-order valence-electron chi connectivity index (χ1n) is 10.6. The van der Waals surface area contributed by atoms with Gasteiger partial charge in [-0.05, 0) is 74.3 Å². The van der Waals surface area contributed by atoms with Gasteiger partial charge in [0.05, 0.1) is 0 Å². The maximum absolute atomic E-state index is 3.42. The van der Waals surface area contributed by atoms with Crippen molar-refractivity contribution in [2.45, 2.75) is 21.8 Å². The van der Waals surface area contributed by atoms with Gasteiger partial charge in [0.1, 0.15) is 0 Å². The molecule has 6 aromatic rings. The van der Waals surface area contributed by atoms with E-state index in [1.165, 1.54) is 54.7 Å². The van der Waals surface area contributed by atoms with Crippen molar-refractivity contribution in [3.63, 3.8) is 0 Å². The lowest BCUT2D eigenvalue weighted by Crippen LogP contribution is -1.90. The Hall–Kier alpha value is -4.08. The number of fused-ring (bicyclic) bond motifs is 4. The largest absolute Gasteiger partial charge is 0.0776 e. The molecule has 0 bridgehead atoms. The van der Waals surface area contributed by atoms with Crippen LogP contribution in [0.5, 0.6) is 0 Å². The number of benzene rings is 5. The predicted molar refractivity (Wildman–Crippen MR) is 146 cm³/mol. The molecule has 0 saturated carbocycles. The Morgan fingerprint density at radius 3 is 2.06 bits per heavy atom. The normalized spacial score (nSPS) is 10.5. The Bertz CT molecular complexity index is 1570. The Morgan fingerprint density at radius 2 is 1.27 bits per heavy atom. The van der Waals surface area contributed by atoms with Crippen LogP contribution >= 0.6 is 0 Å². The van der Waals surface area contributed by atoms with E-state index < -0.39 is 0 Å². The van der Waals surface area contributed by atoms with Crippen LogP contribution < -0.4 is 0 Å². The van der Waals surface area contributed by atoms with Gasteiger partial charge in [0.2, 0.25) is 0 Å². The average Bonchev–Trinajstić information content (AvgIpc) is 2.83. The molecular weight excluding hydrogens is 396 g/mol. The van der Waals surface area contributed by atoms with E-state index in [0.717, 1.165) is 5.39 Å². The molecule has 0 radical (unpaired) electrons. The smallest absolute Gasteiger partial charge is 0.0406 e. The van der Waals surface area contributed by atoms with Gasteiger partial charge in [-0.25, -0.2) is 0 Å². The van der Waals surface area contributed by atoms with Crippen LogP contribution in [0.4, 0.5) is 0 Å². The minimum absolute atomic E-state index is 0. The summed E-state index contributed by atoms with van der Waals surface area (Å²) in [6.07, 6.45) is 0. The number of hydrogen-bond acceptors (Lipinski definition) is 0. The lowest BCUT2D eigenvalue weighted by Gasteiger charge is -2.16. The van der Waals surface area contributed by atoms with Crippen LogP contribution in [-0.2, 0) is 0 Å². The number of rotatable bonds is 2. The highest BCUT2D eigenvalue weighted by molar-refractivity contribution is 6.16. The third-order valence-corrected chi connectivity index (χ3v) is 6.18. The van der Waals surface area contributed by atoms with Crippen molar-refractivity contribution in [2.24, 2.45) is 0 Å². The molecule has 33 heavy (non-hydrogen) atoms. The Morgan fingerprint density at radius 1 is 0.576 bits per heavy atom. The highest BCUT2D eigenvalue weighted by Crippen LogP contribution is 2.42. The zero-order valence-electron chi connectivity index (χ0n) is 17.3. The zero-order chi connectivity index (χ0) is 20.8. The molecule has 0 heterocycles. The molecule has 0 fully saturated rings. The van der Waals surface area contributed by atoms with E-state index in [0.29, 0.717) is 0 Å². The summed E-state index contributed by atoms with van der Waals surface area (Å²) in [5.41, 5.74) is 6.20. The standard InChI is InChI=1S/C31H20.2CH4/c1-21-14-16-23(17-15-21)31-26-11-5-2-8-22(26)18-19-29(31)30-20-24-9-3-4-10-25(24)27-12-6-7-13-28(27)30;;/h2-6,8-12,14-20H,1H3;2*1H4. The summed E-state index contributed by atoms with van der Waals surface area (Å²) in [5, 5.41) is 7.35. The first-order valence-corrected chi connectivity index (χ1v) is 10.6. The molecule has 0 amide bonds. The molecule has 0 unspecified atom stereocenters. The van der Waals surface area contributed by atoms with Crippen LogP contribution in [0.2, 0.25) is 0 Å². The molecule has 0 aliphatic heterocycles. The summed E-state index contributed by atoms with van der Waals surface area (Å²) in [6.45, 7) is 2.13. The molecule has 0 N–H and O–H groups in total. The van der Waals surface area contributed by atoms with Crippen LogP contribution in [0.3, 0.4) is 0 Å². The Kier molecular flexibility index (Phi) is 5.91. The Balaban J connectivity index is 0.00000130. The van der Waals surface area contributed by atoms with Gasteiger partial charge in [0, 0.05) is 5.39 Å². The average molecular weight is 425 g/mol. The van der Waals surface area contributed by atoms with Crippen molar-refractivity contribution in [1.82, 2.24) is 0 Å². The van der Waals surface area contributed by atoms with E-state index in [1.807, 2.05) is 6.07 Å². The van der Waals surface area contributed by atoms with Crippen molar-refractivity contribution >= 4 is 32.3 Å². The second-order valence-corrected chi connectivity index (χ2v) is 8.11. The van der Waals surface area contributed by atoms with E-state index in [1.54, 1.807) is 0 Å². The zero-order valence-corrected chi connectivity index (χ0v) is 17.3. The maximum atomic E-state index is 3.42. The topological polar surface area (TPSA) is 0 Å². The second-order valence-electron chi connectivity index (χ2n) is 8.11. The monoisotopic (exact) mass is 424 g/mol. The summed E-state index contributed by atoms with van der Waals surface area (Å²) in [5.74, 6) is 0. The SMILES string of the molecule is C.C.Cc1ccc(-c2c(-c3cc4ccccc4c4ccc#cc34)ccc3ccccc23)cc1. The minimum Gasteiger partial charge on any atom is -0.0776 e. The fourth-order valence-corrected chi connectivity index (χ4v) is 4.66. The van der Waals surface area contributed by atoms with Gasteiger partial charge >= 0.3 is 0 Å². The molecule has 0 atom stereocenters. The minimum atomic E-state index is 0. The van der Waals surface area contributed by atoms with Gasteiger partial charge in [-0.1, -0.05) is 117 Å². The quantitative estimate of drug-likeness (QED) is 0.259. The molecule has 0 aromatic heterocycles. The number of aryl methyl sites for hydroxylation is 1. The second kappa shape index (κ2) is 8.81. The molecule has 0 nitrogen and oxygen atoms in total. The fourth-order valence-electron chi connectivity index (χ4n) is 4.66. The lowest BCUT2D eigenvalue weighted by atomic mass is 9.86. The molecule has 0 aliphatic rings. The summed E-state index contributed by atoms with van der Waals surface area (Å²) in [6, 6.07) is 43.6. The summed E-state index contributed by atoms with van der Waals surface area (Å²) < 4.78 is 0. The molecule has 0 aliphatic carbocycles. The molecule has 6 rings (SSSR count). The van der Waals surface area contributed by atoms with Crippen molar-refractivity contribution in [1.29, 1.82) is 0 Å². The van der Waals surface area contributed by atoms with E-state index >= 15 is 0 Å². The highest BCUT2D eigenvalue weighted by Gasteiger charge is 2.15. The summed E-state index contributed by atoms with van der Waals surface area (Å²) in [4.78, 5) is 0. The van der Waals surface area contributed by atoms with Crippen molar-refractivity contribution in [3.8, 4) is 22.3 Å². The van der Waals surface area contributed by atoms with Gasteiger partial charge < -0.3 is 0 Å². The fraction of sp³-hybridized carbons (Fsp3) is 0.0909. The highest BCUT2D eigenvalue weighted by atomic mass is 14.2. The molecular formula is C33H28. The first kappa shape index (κ1) is 22.1. The summed E-state index contributed by atoms with van der Waals surface area (Å²) in [7, 11) is 0. The van der Waals surface area contributed by atoms with Crippen LogP contribution in [0.1, 0.15) is 20.4 Å². The van der Waals surface area contributed by atoms with E-state index in [9.17, 15) is 0 Å².